The SMILES string of the molecule is CCC1(OC)CC(C)=C2CC=C(Oc3ccc(NC(=O)N(C)OC)cc3)C=C2O1. The number of hydrogen-bond acceptors (Lipinski definition) is 5. The molecule has 1 heterocycles. The van der Waals surface area contributed by atoms with Crippen LogP contribution in [0.15, 0.2) is 59.1 Å². The number of hydrogen-bond donors (Lipinski definition) is 1. The standard InChI is InChI=1S/C22H28N2O5/c1-6-22(26-4)14-15(2)19-12-11-18(13-20(19)29-22)28-17-9-7-16(8-10-17)23-21(25)24(3)27-5/h7-11,13H,6,12,14H2,1-5H3,(H,23,25). The molecule has 7 heteroatoms. The fourth-order valence-electron chi connectivity index (χ4n) is 3.36. The van der Waals surface area contributed by atoms with E-state index in [1.165, 1.54) is 25.3 Å². The predicted octanol–water partition coefficient (Wildman–Crippen LogP) is 4.75. The maximum atomic E-state index is 11.8. The Balaban J connectivity index is 1.69. The molecule has 1 aromatic rings. The molecular formula is C22H28N2O5. The van der Waals surface area contributed by atoms with Gasteiger partial charge in [-0.05, 0) is 49.3 Å². The molecule has 2 amide bonds. The molecule has 29 heavy (non-hydrogen) atoms. The smallest absolute Gasteiger partial charge is 0.345 e. The Hall–Kier alpha value is -2.77. The van der Waals surface area contributed by atoms with Crippen molar-refractivity contribution in [2.75, 3.05) is 26.6 Å². The number of urea groups is 1. The van der Waals surface area contributed by atoms with E-state index in [0.29, 0.717) is 11.4 Å². The molecule has 0 aromatic heterocycles. The number of nitrogens with zero attached hydrogens (tertiary/aromatic N) is 1. The molecule has 1 unspecified atom stereocenters. The lowest BCUT2D eigenvalue weighted by molar-refractivity contribution is -0.203. The second-order valence-corrected chi connectivity index (χ2v) is 7.06. The van der Waals surface area contributed by atoms with Crippen molar-refractivity contribution in [1.82, 2.24) is 5.06 Å². The van der Waals surface area contributed by atoms with Gasteiger partial charge in [0.2, 0.25) is 5.79 Å². The van der Waals surface area contributed by atoms with Gasteiger partial charge in [0.1, 0.15) is 17.3 Å². The molecule has 0 radical (unpaired) electrons. The summed E-state index contributed by atoms with van der Waals surface area (Å²) in [4.78, 5) is 16.7. The molecule has 1 aliphatic heterocycles. The van der Waals surface area contributed by atoms with Gasteiger partial charge < -0.3 is 19.5 Å². The summed E-state index contributed by atoms with van der Waals surface area (Å²) in [6.45, 7) is 4.19. The Kier molecular flexibility index (Phi) is 6.30. The highest BCUT2D eigenvalue weighted by Crippen LogP contribution is 2.41. The van der Waals surface area contributed by atoms with Crippen LogP contribution in [-0.4, -0.2) is 38.1 Å². The second-order valence-electron chi connectivity index (χ2n) is 7.06. The van der Waals surface area contributed by atoms with Gasteiger partial charge in [0.05, 0.1) is 7.11 Å². The number of benzene rings is 1. The van der Waals surface area contributed by atoms with Crippen LogP contribution in [0.1, 0.15) is 33.1 Å². The molecule has 1 aliphatic carbocycles. The van der Waals surface area contributed by atoms with Gasteiger partial charge >= 0.3 is 6.03 Å². The van der Waals surface area contributed by atoms with Crippen LogP contribution in [-0.2, 0) is 14.3 Å². The first-order valence-electron chi connectivity index (χ1n) is 9.61. The fourth-order valence-corrected chi connectivity index (χ4v) is 3.36. The molecule has 1 atom stereocenters. The van der Waals surface area contributed by atoms with Crippen molar-refractivity contribution in [2.24, 2.45) is 0 Å². The van der Waals surface area contributed by atoms with Crippen molar-refractivity contribution < 1.29 is 23.8 Å². The van der Waals surface area contributed by atoms with Crippen LogP contribution >= 0.6 is 0 Å². The molecule has 2 aliphatic rings. The summed E-state index contributed by atoms with van der Waals surface area (Å²) >= 11 is 0. The van der Waals surface area contributed by atoms with E-state index < -0.39 is 5.79 Å². The number of fused-ring (bicyclic) bond motifs is 1. The minimum absolute atomic E-state index is 0.359. The summed E-state index contributed by atoms with van der Waals surface area (Å²) in [5.74, 6) is 1.58. The Morgan fingerprint density at radius 1 is 1.28 bits per heavy atom. The molecule has 156 valence electrons. The van der Waals surface area contributed by atoms with Crippen molar-refractivity contribution in [2.45, 2.75) is 38.9 Å². The Bertz CT molecular complexity index is 850. The van der Waals surface area contributed by atoms with Crippen LogP contribution in [0.2, 0.25) is 0 Å². The summed E-state index contributed by atoms with van der Waals surface area (Å²) in [6, 6.07) is 6.78. The van der Waals surface area contributed by atoms with E-state index in [9.17, 15) is 4.79 Å². The van der Waals surface area contributed by atoms with Crippen molar-refractivity contribution in [3.05, 3.63) is 59.1 Å². The number of carbonyl (C=O) groups is 1. The first-order valence-corrected chi connectivity index (χ1v) is 9.61. The summed E-state index contributed by atoms with van der Waals surface area (Å²) < 4.78 is 17.9. The van der Waals surface area contributed by atoms with E-state index in [-0.39, 0.29) is 6.03 Å². The summed E-state index contributed by atoms with van der Waals surface area (Å²) in [5, 5.41) is 3.84. The first kappa shape index (κ1) is 21.0. The maximum absolute atomic E-state index is 11.8. The van der Waals surface area contributed by atoms with Gasteiger partial charge in [0, 0.05) is 38.8 Å². The molecule has 0 spiro atoms. The number of methoxy groups -OCH3 is 1. The number of anilines is 1. The van der Waals surface area contributed by atoms with Crippen LogP contribution < -0.4 is 10.1 Å². The van der Waals surface area contributed by atoms with E-state index in [1.54, 1.807) is 31.4 Å². The van der Waals surface area contributed by atoms with Gasteiger partial charge in [0.15, 0.2) is 0 Å². The largest absolute Gasteiger partial charge is 0.462 e. The second kappa shape index (κ2) is 8.71. The molecule has 7 nitrogen and oxygen atoms in total. The van der Waals surface area contributed by atoms with Gasteiger partial charge in [-0.3, -0.25) is 4.84 Å². The zero-order valence-electron chi connectivity index (χ0n) is 17.6. The third-order valence-corrected chi connectivity index (χ3v) is 5.24. The van der Waals surface area contributed by atoms with E-state index in [0.717, 1.165) is 35.8 Å². The Labute approximate surface area is 171 Å². The average molecular weight is 400 g/mol. The lowest BCUT2D eigenvalue weighted by Gasteiger charge is -2.39. The topological polar surface area (TPSA) is 69.3 Å². The number of rotatable bonds is 6. The fraction of sp³-hybridized carbons (Fsp3) is 0.409. The summed E-state index contributed by atoms with van der Waals surface area (Å²) in [6.07, 6.45) is 6.24. The van der Waals surface area contributed by atoms with Gasteiger partial charge in [-0.25, -0.2) is 9.86 Å². The lowest BCUT2D eigenvalue weighted by atomic mass is 9.90. The molecule has 3 rings (SSSR count). The molecule has 0 saturated carbocycles. The average Bonchev–Trinajstić information content (AvgIpc) is 2.74. The van der Waals surface area contributed by atoms with Crippen molar-refractivity contribution in [3.8, 4) is 5.75 Å². The number of allylic oxidation sites excluding steroid dienone is 3. The quantitative estimate of drug-likeness (QED) is 0.698. The van der Waals surface area contributed by atoms with E-state index >= 15 is 0 Å². The van der Waals surface area contributed by atoms with Crippen molar-refractivity contribution >= 4 is 11.7 Å². The summed E-state index contributed by atoms with van der Waals surface area (Å²) in [7, 11) is 4.64. The number of amides is 2. The molecule has 0 saturated heterocycles. The minimum atomic E-state index is -0.614. The van der Waals surface area contributed by atoms with Crippen LogP contribution in [0.3, 0.4) is 0 Å². The molecule has 1 aromatic carbocycles. The first-order chi connectivity index (χ1) is 13.9. The predicted molar refractivity (Wildman–Crippen MR) is 110 cm³/mol. The third kappa shape index (κ3) is 4.63. The molecule has 0 fully saturated rings. The van der Waals surface area contributed by atoms with Crippen LogP contribution in [0.25, 0.3) is 0 Å². The highest BCUT2D eigenvalue weighted by atomic mass is 16.7. The van der Waals surface area contributed by atoms with Crippen LogP contribution in [0.5, 0.6) is 5.75 Å². The normalized spacial score (nSPS) is 20.9. The van der Waals surface area contributed by atoms with Crippen molar-refractivity contribution in [3.63, 3.8) is 0 Å². The van der Waals surface area contributed by atoms with E-state index in [1.807, 2.05) is 12.2 Å². The van der Waals surface area contributed by atoms with Gasteiger partial charge in [-0.15, -0.1) is 0 Å². The maximum Gasteiger partial charge on any atom is 0.345 e. The Morgan fingerprint density at radius 2 is 2.00 bits per heavy atom. The van der Waals surface area contributed by atoms with Crippen LogP contribution in [0, 0.1) is 0 Å². The molecule has 1 N–H and O–H groups in total. The highest BCUT2D eigenvalue weighted by molar-refractivity contribution is 5.88. The Morgan fingerprint density at radius 3 is 2.62 bits per heavy atom. The minimum Gasteiger partial charge on any atom is -0.462 e. The number of ether oxygens (including phenoxy) is 3. The van der Waals surface area contributed by atoms with Gasteiger partial charge in [-0.1, -0.05) is 12.5 Å². The van der Waals surface area contributed by atoms with E-state index in [4.69, 9.17) is 19.0 Å². The number of hydroxylamine groups is 2. The number of carbonyl (C=O) groups excluding carboxylic acids is 1. The number of nitrogens with one attached hydrogen (secondary N) is 1. The van der Waals surface area contributed by atoms with Crippen molar-refractivity contribution in [1.29, 1.82) is 0 Å². The van der Waals surface area contributed by atoms with Gasteiger partial charge in [0.25, 0.3) is 0 Å². The zero-order valence-corrected chi connectivity index (χ0v) is 17.6. The summed E-state index contributed by atoms with van der Waals surface area (Å²) in [5.41, 5.74) is 3.12. The zero-order chi connectivity index (χ0) is 21.0. The third-order valence-electron chi connectivity index (χ3n) is 5.24. The lowest BCUT2D eigenvalue weighted by Crippen LogP contribution is -2.38. The molecule has 0 bridgehead atoms. The van der Waals surface area contributed by atoms with Crippen LogP contribution in [0.4, 0.5) is 10.5 Å². The van der Waals surface area contributed by atoms with Gasteiger partial charge in [-0.2, -0.15) is 0 Å². The van der Waals surface area contributed by atoms with E-state index in [2.05, 4.69) is 19.2 Å². The molecular weight excluding hydrogens is 372 g/mol. The monoisotopic (exact) mass is 400 g/mol. The highest BCUT2D eigenvalue weighted by Gasteiger charge is 2.37.